The summed E-state index contributed by atoms with van der Waals surface area (Å²) in [6, 6.07) is 48.1. The van der Waals surface area contributed by atoms with Gasteiger partial charge >= 0.3 is 0 Å². The molecule has 9 rings (SSSR count). The molecule has 0 aliphatic heterocycles. The van der Waals surface area contributed by atoms with E-state index in [-0.39, 0.29) is 0 Å². The molecular formula is C38H22O. The highest BCUT2D eigenvalue weighted by atomic mass is 16.3. The Kier molecular flexibility index (Phi) is 4.11. The lowest BCUT2D eigenvalue weighted by Crippen LogP contribution is -1.91. The minimum absolute atomic E-state index is 0.945. The van der Waals surface area contributed by atoms with Crippen LogP contribution in [0.5, 0.6) is 0 Å². The third-order valence-corrected chi connectivity index (χ3v) is 8.42. The van der Waals surface area contributed by atoms with Crippen LogP contribution in [-0.4, -0.2) is 0 Å². The standard InChI is InChI=1S/C38H22O/c1-2-11-23(12-3-1)34-27-15-6-8-17-29(27)35(30-18-9-7-16-28(30)34)32-22-21-31-25-14-5-4-13-24(25)26-19-10-20-33-36(26)37(31)38(32)39-33/h1-22H. The lowest BCUT2D eigenvalue weighted by Gasteiger charge is -2.18. The fourth-order valence-electron chi connectivity index (χ4n) is 6.85. The first-order valence-electron chi connectivity index (χ1n) is 13.5. The highest BCUT2D eigenvalue weighted by Crippen LogP contribution is 2.49. The van der Waals surface area contributed by atoms with Gasteiger partial charge in [0.1, 0.15) is 11.2 Å². The molecule has 9 aromatic rings. The van der Waals surface area contributed by atoms with E-state index in [1.54, 1.807) is 0 Å². The van der Waals surface area contributed by atoms with Gasteiger partial charge in [-0.2, -0.15) is 0 Å². The fraction of sp³-hybridized carbons (Fsp3) is 0. The number of furan rings is 1. The van der Waals surface area contributed by atoms with Gasteiger partial charge in [-0.3, -0.25) is 0 Å². The van der Waals surface area contributed by atoms with Crippen LogP contribution in [0, 0.1) is 0 Å². The monoisotopic (exact) mass is 494 g/mol. The molecular weight excluding hydrogens is 472 g/mol. The summed E-state index contributed by atoms with van der Waals surface area (Å²) in [5.74, 6) is 0. The van der Waals surface area contributed by atoms with Gasteiger partial charge < -0.3 is 4.42 Å². The predicted molar refractivity (Wildman–Crippen MR) is 166 cm³/mol. The Balaban J connectivity index is 1.50. The van der Waals surface area contributed by atoms with E-state index in [0.29, 0.717) is 0 Å². The minimum Gasteiger partial charge on any atom is -0.455 e. The Morgan fingerprint density at radius 1 is 0.333 bits per heavy atom. The van der Waals surface area contributed by atoms with E-state index in [9.17, 15) is 0 Å². The van der Waals surface area contributed by atoms with E-state index in [0.717, 1.165) is 16.7 Å². The van der Waals surface area contributed by atoms with Gasteiger partial charge in [-0.1, -0.05) is 121 Å². The molecule has 0 radical (unpaired) electrons. The molecule has 1 heterocycles. The zero-order valence-corrected chi connectivity index (χ0v) is 21.1. The zero-order chi connectivity index (χ0) is 25.5. The van der Waals surface area contributed by atoms with Gasteiger partial charge in [0.15, 0.2) is 0 Å². The molecule has 0 aliphatic rings. The van der Waals surface area contributed by atoms with Crippen LogP contribution in [0.15, 0.2) is 138 Å². The fourth-order valence-corrected chi connectivity index (χ4v) is 6.85. The second-order valence-electron chi connectivity index (χ2n) is 10.4. The topological polar surface area (TPSA) is 13.1 Å². The summed E-state index contributed by atoms with van der Waals surface area (Å²) in [5, 5.41) is 12.5. The van der Waals surface area contributed by atoms with Crippen LogP contribution in [0.1, 0.15) is 0 Å². The highest BCUT2D eigenvalue weighted by molar-refractivity contribution is 6.35. The molecule has 1 heteroatoms. The van der Waals surface area contributed by atoms with Crippen molar-refractivity contribution >= 4 is 65.0 Å². The van der Waals surface area contributed by atoms with Crippen molar-refractivity contribution in [1.29, 1.82) is 0 Å². The third kappa shape index (κ3) is 2.74. The Hall–Kier alpha value is -5.14. The van der Waals surface area contributed by atoms with Gasteiger partial charge in [-0.05, 0) is 66.3 Å². The number of rotatable bonds is 2. The van der Waals surface area contributed by atoms with Gasteiger partial charge in [0.25, 0.3) is 0 Å². The molecule has 0 fully saturated rings. The molecule has 8 aromatic carbocycles. The van der Waals surface area contributed by atoms with Crippen molar-refractivity contribution in [2.24, 2.45) is 0 Å². The highest BCUT2D eigenvalue weighted by Gasteiger charge is 2.23. The summed E-state index contributed by atoms with van der Waals surface area (Å²) in [6.45, 7) is 0. The van der Waals surface area contributed by atoms with Crippen molar-refractivity contribution in [2.45, 2.75) is 0 Å². The molecule has 0 unspecified atom stereocenters. The Bertz CT molecular complexity index is 2320. The molecule has 0 saturated carbocycles. The van der Waals surface area contributed by atoms with Gasteiger partial charge in [0.2, 0.25) is 0 Å². The summed E-state index contributed by atoms with van der Waals surface area (Å²) in [6.07, 6.45) is 0. The van der Waals surface area contributed by atoms with Gasteiger partial charge in [0.05, 0.1) is 0 Å². The van der Waals surface area contributed by atoms with E-state index in [4.69, 9.17) is 4.42 Å². The van der Waals surface area contributed by atoms with Gasteiger partial charge in [-0.25, -0.2) is 0 Å². The second kappa shape index (κ2) is 7.69. The number of benzene rings is 8. The molecule has 0 N–H and O–H groups in total. The molecule has 0 atom stereocenters. The maximum absolute atomic E-state index is 6.78. The molecule has 1 aromatic heterocycles. The summed E-state index contributed by atoms with van der Waals surface area (Å²) >= 11 is 0. The summed E-state index contributed by atoms with van der Waals surface area (Å²) in [7, 11) is 0. The summed E-state index contributed by atoms with van der Waals surface area (Å²) < 4.78 is 6.78. The second-order valence-corrected chi connectivity index (χ2v) is 10.4. The average Bonchev–Trinajstić information content (AvgIpc) is 3.40. The van der Waals surface area contributed by atoms with Crippen LogP contribution in [0.4, 0.5) is 0 Å². The third-order valence-electron chi connectivity index (χ3n) is 8.42. The van der Waals surface area contributed by atoms with E-state index < -0.39 is 0 Å². The smallest absolute Gasteiger partial charge is 0.143 e. The normalized spacial score (nSPS) is 12.1. The van der Waals surface area contributed by atoms with Crippen molar-refractivity contribution < 1.29 is 4.42 Å². The summed E-state index contributed by atoms with van der Waals surface area (Å²) in [5.41, 5.74) is 6.79. The Morgan fingerprint density at radius 2 is 0.846 bits per heavy atom. The molecule has 0 aliphatic carbocycles. The Morgan fingerprint density at radius 3 is 1.49 bits per heavy atom. The predicted octanol–water partition coefficient (Wildman–Crippen LogP) is 11.0. The molecule has 0 bridgehead atoms. The molecule has 0 spiro atoms. The van der Waals surface area contributed by atoms with Crippen LogP contribution in [0.2, 0.25) is 0 Å². The van der Waals surface area contributed by atoms with Crippen molar-refractivity contribution in [1.82, 2.24) is 0 Å². The number of hydrogen-bond acceptors (Lipinski definition) is 1. The van der Waals surface area contributed by atoms with Crippen LogP contribution < -0.4 is 0 Å². The molecule has 180 valence electrons. The van der Waals surface area contributed by atoms with Crippen molar-refractivity contribution in [3.63, 3.8) is 0 Å². The van der Waals surface area contributed by atoms with Crippen molar-refractivity contribution in [2.75, 3.05) is 0 Å². The van der Waals surface area contributed by atoms with Crippen molar-refractivity contribution in [3.05, 3.63) is 133 Å². The lowest BCUT2D eigenvalue weighted by atomic mass is 9.85. The van der Waals surface area contributed by atoms with Crippen LogP contribution in [0.25, 0.3) is 87.3 Å². The van der Waals surface area contributed by atoms with Gasteiger partial charge in [0, 0.05) is 21.9 Å². The van der Waals surface area contributed by atoms with Gasteiger partial charge in [-0.15, -0.1) is 0 Å². The molecule has 0 saturated heterocycles. The maximum atomic E-state index is 6.78. The number of hydrogen-bond donors (Lipinski definition) is 0. The molecule has 39 heavy (non-hydrogen) atoms. The van der Waals surface area contributed by atoms with E-state index in [1.165, 1.54) is 70.6 Å². The molecule has 1 nitrogen and oxygen atoms in total. The van der Waals surface area contributed by atoms with Crippen LogP contribution >= 0.6 is 0 Å². The maximum Gasteiger partial charge on any atom is 0.143 e. The lowest BCUT2D eigenvalue weighted by molar-refractivity contribution is 0.670. The first-order chi connectivity index (χ1) is 19.4. The Labute approximate surface area is 224 Å². The average molecular weight is 495 g/mol. The SMILES string of the molecule is c1ccc(-c2c3ccccc3c(-c3ccc4c5ccccc5c5cccc6oc3c4c65)c3ccccc23)cc1. The summed E-state index contributed by atoms with van der Waals surface area (Å²) in [4.78, 5) is 0. The first kappa shape index (κ1) is 20.9. The first-order valence-corrected chi connectivity index (χ1v) is 13.5. The van der Waals surface area contributed by atoms with E-state index >= 15 is 0 Å². The van der Waals surface area contributed by atoms with Crippen LogP contribution in [-0.2, 0) is 0 Å². The quantitative estimate of drug-likeness (QED) is 0.172. The van der Waals surface area contributed by atoms with E-state index in [1.807, 2.05) is 0 Å². The van der Waals surface area contributed by atoms with Crippen LogP contribution in [0.3, 0.4) is 0 Å². The minimum atomic E-state index is 0.945. The van der Waals surface area contributed by atoms with E-state index in [2.05, 4.69) is 133 Å². The molecule has 0 amide bonds. The largest absolute Gasteiger partial charge is 0.455 e. The number of fused-ring (bicyclic) bond motifs is 5. The van der Waals surface area contributed by atoms with Crippen molar-refractivity contribution in [3.8, 4) is 22.3 Å². The zero-order valence-electron chi connectivity index (χ0n) is 21.1.